The van der Waals surface area contributed by atoms with Crippen molar-refractivity contribution in [3.8, 4) is 34.7 Å². The summed E-state index contributed by atoms with van der Waals surface area (Å²) in [4.78, 5) is 144. The second-order valence-electron chi connectivity index (χ2n) is 31.2. The number of aryl methyl sites for hydroxylation is 9. The van der Waals surface area contributed by atoms with Crippen LogP contribution in [-0.2, 0) is 152 Å². The van der Waals surface area contributed by atoms with E-state index in [1.54, 1.807) is 184 Å². The number of methoxy groups -OCH3 is 1. The molecule has 0 saturated heterocycles. The Balaban J connectivity index is 0.000000357. The van der Waals surface area contributed by atoms with Crippen molar-refractivity contribution in [1.29, 1.82) is 0 Å². The van der Waals surface area contributed by atoms with Gasteiger partial charge in [-0.1, -0.05) is 130 Å². The minimum atomic E-state index is -1.00. The number of fused-ring (bicyclic) bond motifs is 5. The van der Waals surface area contributed by atoms with E-state index in [1.807, 2.05) is 30.2 Å². The van der Waals surface area contributed by atoms with Crippen molar-refractivity contribution in [3.05, 3.63) is 377 Å². The summed E-state index contributed by atoms with van der Waals surface area (Å²) in [6.45, 7) is 7.25. The van der Waals surface area contributed by atoms with Crippen molar-refractivity contribution in [1.82, 2.24) is 48.7 Å². The van der Waals surface area contributed by atoms with Crippen LogP contribution in [0.4, 0.5) is 0 Å². The van der Waals surface area contributed by atoms with E-state index in [2.05, 4.69) is 26.0 Å². The molecule has 31 nitrogen and oxygen atoms in total. The number of phenols is 5. The molecule has 142 heavy (non-hydrogen) atoms. The third-order valence-electron chi connectivity index (χ3n) is 22.3. The molecule has 9 aromatic carbocycles. The molecule has 0 unspecified atom stereocenters. The predicted molar refractivity (Wildman–Crippen MR) is 548 cm³/mol. The van der Waals surface area contributed by atoms with Crippen LogP contribution in [-0.4, -0.2) is 118 Å². The van der Waals surface area contributed by atoms with Crippen LogP contribution in [0.5, 0.6) is 28.7 Å². The summed E-state index contributed by atoms with van der Waals surface area (Å²) in [5.74, 6) is -2.22. The van der Waals surface area contributed by atoms with Gasteiger partial charge in [0.05, 0.1) is 69.1 Å². The number of carboxylic acids is 1. The largest absolute Gasteiger partial charge is 0.506 e. The molecule has 4 amide bonds. The first-order valence-electron chi connectivity index (χ1n) is 41.5. The van der Waals surface area contributed by atoms with Gasteiger partial charge >= 0.3 is 11.9 Å². The summed E-state index contributed by atoms with van der Waals surface area (Å²) < 4.78 is 12.9. The van der Waals surface area contributed by atoms with E-state index in [1.165, 1.54) is 90.1 Å². The van der Waals surface area contributed by atoms with E-state index >= 15 is 0 Å². The molecular weight excluding hydrogens is 2060 g/mol. The number of carbonyl (C=O) groups excluding carboxylic acids is 5. The zero-order valence-electron chi connectivity index (χ0n) is 76.4. The Morgan fingerprint density at radius 2 is 0.613 bits per heavy atom. The van der Waals surface area contributed by atoms with Crippen molar-refractivity contribution in [2.24, 2.45) is 42.3 Å². The average molecular weight is 2170 g/mol. The van der Waals surface area contributed by atoms with Crippen LogP contribution >= 0.6 is 46.4 Å². The van der Waals surface area contributed by atoms with Gasteiger partial charge in [-0.2, -0.15) is 0 Å². The Morgan fingerprint density at radius 3 is 0.908 bits per heavy atom. The Morgan fingerprint density at radius 1 is 0.352 bits per heavy atom. The number of aromatic carboxylic acids is 1. The number of carboxylic acid groups (broad SMARTS) is 1. The minimum absolute atomic E-state index is 0. The van der Waals surface area contributed by atoms with Gasteiger partial charge in [0, 0.05) is 221 Å². The van der Waals surface area contributed by atoms with Crippen LogP contribution in [0, 0.1) is 40.0 Å². The number of carbonyl (C=O) groups is 6. The molecule has 2 radical (unpaired) electrons. The van der Waals surface area contributed by atoms with Crippen LogP contribution in [0.25, 0.3) is 54.5 Å². The summed E-state index contributed by atoms with van der Waals surface area (Å²) in [6.07, 6.45) is 8.05. The van der Waals surface area contributed by atoms with Gasteiger partial charge in [0.15, 0.2) is 5.56 Å². The van der Waals surface area contributed by atoms with E-state index < -0.39 is 41.8 Å². The van der Waals surface area contributed by atoms with E-state index in [4.69, 9.17) is 63.0 Å². The fourth-order valence-corrected chi connectivity index (χ4v) is 15.0. The third kappa shape index (κ3) is 28.3. The maximum absolute atomic E-state index is 12.6. The van der Waals surface area contributed by atoms with Crippen molar-refractivity contribution in [2.75, 3.05) is 13.7 Å². The Labute approximate surface area is 888 Å². The number of pyridine rings is 6. The number of aromatic hydroxyl groups is 5. The molecule has 0 bridgehead atoms. The third-order valence-corrected chi connectivity index (χ3v) is 23.3. The molecule has 6 heterocycles. The zero-order chi connectivity index (χ0) is 99.7. The number of nitrogens with one attached hydrogen (secondary N) is 4. The molecule has 12 N–H and O–H groups in total. The molecule has 0 aliphatic carbocycles. The number of esters is 1. The number of rotatable bonds is 18. The molecule has 740 valence electrons. The van der Waals surface area contributed by atoms with Crippen molar-refractivity contribution < 1.29 is 140 Å². The van der Waals surface area contributed by atoms with Crippen molar-refractivity contribution >= 4 is 136 Å². The standard InChI is InChI=1S/C21H21ClN2O4.C20H14ClN2O3.C19H17ClN2O4.C19H17ClN2O3.C13H13NO4.C9H11NO3.4CH4.2Y/c1-24-18-9-8-16(20(27)23-12-13-4-6-15(22)7-5-13)19(26)17(18)11-14(21(24)28)3-2-10-25;1-3-13-10-16-17(23(2)20(13)26)9-8-15(18(16)24)19(25)22-11-12-4-6-14(21)7-5-12;1-22-16-7-6-14(17(24)15(16)8-12(10-23)19(22)26)18(25)21-9-11-2-4-13(20)5-3-11;1-11-9-15-16(22(2)19(11)25)8-7-14(17(15)23)18(24)21-10-12-3-5-13(20)6-4-12;1-7-6-9-10(14(2)12(7)16)5-4-8(11(9)15)13(17)18-3;1-5-4-7(9(12)13)6(2)10(3)8(5)11;;;;;;/h4-9,11,25-26H,2-3,10,12H2,1H3,(H,23,27);4-10,24H,11H2,2H3,(H,22,25);2-8,23-24H,9-10H2,1H3,(H,21,25);3-9,23H,10H2,1-2H3,(H,21,24);4-6,15H,1-3H3;4H,1-3H3,(H,12,13);4*1H4;;/q;-1;;;;;;;;;;. The monoisotopic (exact) mass is 2160 g/mol. The number of nitrogens with zero attached hydrogens (tertiary/aromatic N) is 6. The zero-order valence-corrected chi connectivity index (χ0v) is 85.1. The van der Waals surface area contributed by atoms with Crippen molar-refractivity contribution in [3.63, 3.8) is 0 Å². The number of phenolic OH excluding ortho intramolecular Hbond substituents is 5. The summed E-state index contributed by atoms with van der Waals surface area (Å²) in [5.41, 5.74) is 8.09. The number of hydrogen-bond donors (Lipinski definition) is 12. The number of aliphatic hydroxyl groups excluding tert-OH is 2. The summed E-state index contributed by atoms with van der Waals surface area (Å²) in [7, 11) is 10.8. The van der Waals surface area contributed by atoms with Crippen LogP contribution in [0.15, 0.2) is 223 Å². The van der Waals surface area contributed by atoms with E-state index in [-0.39, 0.29) is 222 Å². The average Bonchev–Trinajstić information content (AvgIpc) is 1.55. The van der Waals surface area contributed by atoms with E-state index in [9.17, 15) is 88.2 Å². The van der Waals surface area contributed by atoms with E-state index in [0.717, 1.165) is 22.3 Å². The molecule has 0 aliphatic rings. The maximum atomic E-state index is 12.6. The quantitative estimate of drug-likeness (QED) is 0.0216. The van der Waals surface area contributed by atoms with E-state index in [0.29, 0.717) is 128 Å². The molecule has 0 fully saturated rings. The van der Waals surface area contributed by atoms with Crippen LogP contribution in [0.2, 0.25) is 20.1 Å². The minimum Gasteiger partial charge on any atom is -0.506 e. The molecule has 0 spiro atoms. The van der Waals surface area contributed by atoms with Gasteiger partial charge in [-0.25, -0.2) is 9.59 Å². The number of hydrogen-bond acceptors (Lipinski definition) is 20. The summed E-state index contributed by atoms with van der Waals surface area (Å²) in [5, 5.41) is 94.9. The van der Waals surface area contributed by atoms with Crippen LogP contribution in [0.3, 0.4) is 0 Å². The number of ether oxygens (including phenoxy) is 1. The van der Waals surface area contributed by atoms with Gasteiger partial charge < -0.3 is 101 Å². The fourth-order valence-electron chi connectivity index (χ4n) is 14.5. The first kappa shape index (κ1) is 121. The Kier molecular flexibility index (Phi) is 46.0. The molecule has 0 saturated carbocycles. The van der Waals surface area contributed by atoms with Crippen molar-refractivity contribution in [2.45, 2.75) is 103 Å². The molecule has 37 heteroatoms. The number of benzene rings is 9. The first-order chi connectivity index (χ1) is 64.5. The smallest absolute Gasteiger partial charge is 0.341 e. The fraction of sp³-hybridized carbons (Fsp3) is 0.219. The number of aromatic nitrogens is 6. The topological polar surface area (TPSA) is 454 Å². The van der Waals surface area contributed by atoms with Gasteiger partial charge in [0.25, 0.3) is 51.4 Å². The second kappa shape index (κ2) is 54.0. The van der Waals surface area contributed by atoms with Crippen LogP contribution < -0.4 is 54.6 Å². The van der Waals surface area contributed by atoms with Gasteiger partial charge in [0.1, 0.15) is 34.3 Å². The Hall–Kier alpha value is -13.4. The Bertz CT molecular complexity index is 7670. The number of aliphatic hydroxyl groups is 2. The molecular formula is C105H109Cl4N10O21Y2-. The maximum Gasteiger partial charge on any atom is 0.341 e. The van der Waals surface area contributed by atoms with Gasteiger partial charge in [-0.15, -0.1) is 6.07 Å². The second-order valence-corrected chi connectivity index (χ2v) is 32.9. The first-order valence-corrected chi connectivity index (χ1v) is 43.0. The number of halogens is 4. The molecule has 15 aromatic rings. The molecule has 0 atom stereocenters. The molecule has 6 aromatic heterocycles. The molecule has 0 aliphatic heterocycles. The van der Waals surface area contributed by atoms with Gasteiger partial charge in [0.2, 0.25) is 0 Å². The predicted octanol–water partition coefficient (Wildman–Crippen LogP) is 15.6. The van der Waals surface area contributed by atoms with Gasteiger partial charge in [-0.3, -0.25) is 53.9 Å². The molecule has 15 rings (SSSR count). The summed E-state index contributed by atoms with van der Waals surface area (Å²) >= 11 is 23.4. The SMILES string of the molecule is C.C.C.C.COC(=O)c1ccc2c(cc(C)c(=O)n2C)c1O.Cc1cc(C(=O)O)c(C)n(C)c1=O.Cc1cc2c(O)c(C(=O)NCc3ccc(Cl)cc3)ccc2n(C)c1=O.Cn1c(=O)c(CCCO)cc2c(O)c(C(=O)NCc3ccc(Cl)cc3)ccc21.Cn1c(=O)c(CO)cc2c(O)c(C(=O)NCc3ccc(Cl)cc3)ccc21.[C-]#Cc1cc2c(O)c(C(=O)NCc3ccc(Cl)cc3)ccc2n(C)c1=O.[Y].[Y]. The number of amides is 4. The summed E-state index contributed by atoms with van der Waals surface area (Å²) in [6, 6.07) is 52.8. The normalized spacial score (nSPS) is 10.3. The van der Waals surface area contributed by atoms with Gasteiger partial charge in [-0.05, 0) is 202 Å². The van der Waals surface area contributed by atoms with Crippen LogP contribution in [0.1, 0.15) is 160 Å².